The van der Waals surface area contributed by atoms with E-state index in [0.717, 1.165) is 29.8 Å². The van der Waals surface area contributed by atoms with E-state index in [0.29, 0.717) is 6.54 Å². The number of carbonyl (C=O) groups excluding carboxylic acids is 1. The van der Waals surface area contributed by atoms with Gasteiger partial charge in [-0.05, 0) is 35.2 Å². The van der Waals surface area contributed by atoms with Crippen LogP contribution in [0.5, 0.6) is 5.75 Å². The van der Waals surface area contributed by atoms with Gasteiger partial charge < -0.3 is 19.9 Å². The second kappa shape index (κ2) is 9.60. The van der Waals surface area contributed by atoms with Crippen LogP contribution in [-0.4, -0.2) is 22.7 Å². The first-order valence-electron chi connectivity index (χ1n) is 9.39. The Morgan fingerprint density at radius 3 is 2.43 bits per heavy atom. The average Bonchev–Trinajstić information content (AvgIpc) is 3.24. The minimum Gasteiger partial charge on any atom is -0.497 e. The highest BCUT2D eigenvalue weighted by atomic mass is 16.5. The van der Waals surface area contributed by atoms with Gasteiger partial charge in [0, 0.05) is 25.5 Å². The molecule has 6 nitrogen and oxygen atoms in total. The minimum atomic E-state index is -0.176. The van der Waals surface area contributed by atoms with E-state index in [4.69, 9.17) is 4.74 Å². The Kier molecular flexibility index (Phi) is 6.68. The maximum atomic E-state index is 12.3. The van der Waals surface area contributed by atoms with Crippen LogP contribution < -0.4 is 15.4 Å². The van der Waals surface area contributed by atoms with E-state index in [9.17, 15) is 4.79 Å². The molecular weight excluding hydrogens is 352 g/mol. The smallest absolute Gasteiger partial charge is 0.315 e. The number of hydrogen-bond donors (Lipinski definition) is 2. The van der Waals surface area contributed by atoms with E-state index in [1.807, 2.05) is 54.1 Å². The first kappa shape index (κ1) is 19.5. The van der Waals surface area contributed by atoms with Crippen molar-refractivity contribution in [3.63, 3.8) is 0 Å². The molecule has 1 atom stereocenters. The van der Waals surface area contributed by atoms with Crippen LogP contribution in [-0.2, 0) is 13.1 Å². The topological polar surface area (TPSA) is 68.2 Å². The van der Waals surface area contributed by atoms with Gasteiger partial charge in [-0.3, -0.25) is 0 Å². The monoisotopic (exact) mass is 378 g/mol. The summed E-state index contributed by atoms with van der Waals surface area (Å²) in [5.41, 5.74) is 3.31. The molecule has 3 rings (SSSR count). The molecule has 0 aliphatic rings. The molecule has 1 aromatic heterocycles. The van der Waals surface area contributed by atoms with Crippen molar-refractivity contribution in [1.29, 1.82) is 0 Å². The zero-order valence-corrected chi connectivity index (χ0v) is 16.3. The van der Waals surface area contributed by atoms with Gasteiger partial charge in [0.1, 0.15) is 5.75 Å². The molecule has 2 N–H and O–H groups in total. The van der Waals surface area contributed by atoms with Crippen LogP contribution in [0.25, 0.3) is 0 Å². The molecule has 0 saturated carbocycles. The molecule has 2 aromatic carbocycles. The summed E-state index contributed by atoms with van der Waals surface area (Å²) in [6.07, 6.45) is 6.31. The lowest BCUT2D eigenvalue weighted by Gasteiger charge is -2.18. The fourth-order valence-electron chi connectivity index (χ4n) is 3.00. The van der Waals surface area contributed by atoms with Crippen LogP contribution in [0.1, 0.15) is 36.1 Å². The summed E-state index contributed by atoms with van der Waals surface area (Å²) in [7, 11) is 1.64. The van der Waals surface area contributed by atoms with Gasteiger partial charge in [-0.15, -0.1) is 0 Å². The third-order valence-electron chi connectivity index (χ3n) is 4.63. The summed E-state index contributed by atoms with van der Waals surface area (Å²) < 4.78 is 7.20. The van der Waals surface area contributed by atoms with Crippen molar-refractivity contribution in [3.8, 4) is 5.75 Å². The van der Waals surface area contributed by atoms with E-state index in [1.165, 1.54) is 5.56 Å². The number of hydrogen-bond acceptors (Lipinski definition) is 3. The normalized spacial score (nSPS) is 11.6. The molecule has 1 heterocycles. The molecule has 0 aliphatic heterocycles. The van der Waals surface area contributed by atoms with Crippen molar-refractivity contribution in [1.82, 2.24) is 20.2 Å². The molecule has 0 aliphatic carbocycles. The van der Waals surface area contributed by atoms with Crippen molar-refractivity contribution >= 4 is 6.03 Å². The van der Waals surface area contributed by atoms with Gasteiger partial charge in [0.25, 0.3) is 0 Å². The van der Waals surface area contributed by atoms with E-state index < -0.39 is 0 Å². The van der Waals surface area contributed by atoms with Gasteiger partial charge in [-0.1, -0.05) is 43.3 Å². The number of aromatic nitrogens is 2. The summed E-state index contributed by atoms with van der Waals surface area (Å²) >= 11 is 0. The zero-order valence-electron chi connectivity index (χ0n) is 16.3. The molecule has 0 spiro atoms. The van der Waals surface area contributed by atoms with Crippen molar-refractivity contribution in [2.75, 3.05) is 7.11 Å². The number of nitrogens with zero attached hydrogens (tertiary/aromatic N) is 2. The predicted octanol–water partition coefficient (Wildman–Crippen LogP) is 3.89. The molecule has 2 amide bonds. The van der Waals surface area contributed by atoms with Crippen LogP contribution >= 0.6 is 0 Å². The lowest BCUT2D eigenvalue weighted by Crippen LogP contribution is -2.37. The summed E-state index contributed by atoms with van der Waals surface area (Å²) in [4.78, 5) is 16.4. The molecular formula is C22H26N4O2. The van der Waals surface area contributed by atoms with Crippen LogP contribution in [0, 0.1) is 0 Å². The number of amides is 2. The SMILES string of the molecule is CCC(NC(=O)NCc1ccc(Cn2ccnc2)cc1)c1ccc(OC)cc1. The van der Waals surface area contributed by atoms with E-state index >= 15 is 0 Å². The summed E-state index contributed by atoms with van der Waals surface area (Å²) in [6.45, 7) is 3.32. The highest BCUT2D eigenvalue weighted by molar-refractivity contribution is 5.74. The van der Waals surface area contributed by atoms with Crippen LogP contribution in [0.4, 0.5) is 4.79 Å². The third kappa shape index (κ3) is 5.36. The zero-order chi connectivity index (χ0) is 19.8. The van der Waals surface area contributed by atoms with Gasteiger partial charge in [0.15, 0.2) is 0 Å². The number of urea groups is 1. The highest BCUT2D eigenvalue weighted by Crippen LogP contribution is 2.20. The number of rotatable bonds is 8. The number of ether oxygens (including phenoxy) is 1. The second-order valence-electron chi connectivity index (χ2n) is 6.61. The van der Waals surface area contributed by atoms with Gasteiger partial charge in [-0.25, -0.2) is 9.78 Å². The van der Waals surface area contributed by atoms with Crippen molar-refractivity contribution in [2.45, 2.75) is 32.5 Å². The largest absolute Gasteiger partial charge is 0.497 e. The fraction of sp³-hybridized carbons (Fsp3) is 0.273. The summed E-state index contributed by atoms with van der Waals surface area (Å²) in [5, 5.41) is 5.96. The average molecular weight is 378 g/mol. The van der Waals surface area contributed by atoms with Crippen molar-refractivity contribution in [3.05, 3.63) is 83.9 Å². The minimum absolute atomic E-state index is 0.0385. The molecule has 0 radical (unpaired) electrons. The summed E-state index contributed by atoms with van der Waals surface area (Å²) in [5.74, 6) is 0.805. The second-order valence-corrected chi connectivity index (χ2v) is 6.61. The Morgan fingerprint density at radius 1 is 1.11 bits per heavy atom. The molecule has 6 heteroatoms. The van der Waals surface area contributed by atoms with E-state index in [-0.39, 0.29) is 12.1 Å². The molecule has 0 fully saturated rings. The lowest BCUT2D eigenvalue weighted by molar-refractivity contribution is 0.236. The highest BCUT2D eigenvalue weighted by Gasteiger charge is 2.12. The number of carbonyl (C=O) groups is 1. The van der Waals surface area contributed by atoms with Crippen molar-refractivity contribution < 1.29 is 9.53 Å². The van der Waals surface area contributed by atoms with E-state index in [1.54, 1.807) is 19.6 Å². The Morgan fingerprint density at radius 2 is 1.82 bits per heavy atom. The van der Waals surface area contributed by atoms with Crippen LogP contribution in [0.15, 0.2) is 67.3 Å². The quantitative estimate of drug-likeness (QED) is 0.625. The molecule has 28 heavy (non-hydrogen) atoms. The summed E-state index contributed by atoms with van der Waals surface area (Å²) in [6, 6.07) is 15.8. The molecule has 0 saturated heterocycles. The number of imidazole rings is 1. The maximum Gasteiger partial charge on any atom is 0.315 e. The molecule has 1 unspecified atom stereocenters. The fourth-order valence-corrected chi connectivity index (χ4v) is 3.00. The molecule has 0 bridgehead atoms. The van der Waals surface area contributed by atoms with Crippen LogP contribution in [0.2, 0.25) is 0 Å². The van der Waals surface area contributed by atoms with Gasteiger partial charge >= 0.3 is 6.03 Å². The Labute approximate surface area is 165 Å². The lowest BCUT2D eigenvalue weighted by atomic mass is 10.0. The first-order valence-corrected chi connectivity index (χ1v) is 9.39. The Balaban J connectivity index is 1.49. The van der Waals surface area contributed by atoms with Crippen molar-refractivity contribution in [2.24, 2.45) is 0 Å². The first-order chi connectivity index (χ1) is 13.7. The van der Waals surface area contributed by atoms with E-state index in [2.05, 4.69) is 27.8 Å². The standard InChI is InChI=1S/C22H26N4O2/c1-3-21(19-8-10-20(28-2)11-9-19)25-22(27)24-14-17-4-6-18(7-5-17)15-26-13-12-23-16-26/h4-13,16,21H,3,14-15H2,1-2H3,(H2,24,25,27). The number of nitrogens with one attached hydrogen (secondary N) is 2. The maximum absolute atomic E-state index is 12.3. The molecule has 146 valence electrons. The Hall–Kier alpha value is -3.28. The molecule has 3 aromatic rings. The Bertz CT molecular complexity index is 859. The van der Waals surface area contributed by atoms with Crippen LogP contribution in [0.3, 0.4) is 0 Å². The van der Waals surface area contributed by atoms with Gasteiger partial charge in [-0.2, -0.15) is 0 Å². The van der Waals surface area contributed by atoms with Gasteiger partial charge in [0.2, 0.25) is 0 Å². The predicted molar refractivity (Wildman–Crippen MR) is 109 cm³/mol. The third-order valence-corrected chi connectivity index (χ3v) is 4.63. The number of benzene rings is 2. The van der Waals surface area contributed by atoms with Gasteiger partial charge in [0.05, 0.1) is 19.5 Å². The number of methoxy groups -OCH3 is 1.